The zero-order valence-corrected chi connectivity index (χ0v) is 25.7. The summed E-state index contributed by atoms with van der Waals surface area (Å²) in [7, 11) is 0. The molecule has 0 bridgehead atoms. The smallest absolute Gasteiger partial charge is 0.298 e. The summed E-state index contributed by atoms with van der Waals surface area (Å²) in [6.07, 6.45) is 2.20. The minimum atomic E-state index is -0.256. The molecule has 0 radical (unpaired) electrons. The van der Waals surface area contributed by atoms with Gasteiger partial charge < -0.3 is 28.3 Å². The molecule has 10 heteroatoms. The number of hydrogen-bond donors (Lipinski definition) is 0. The average Bonchev–Trinajstić information content (AvgIpc) is 3.23. The standard InChI is InChI=1S/C36H38FN3O6/c37-33-12-23(28-19-43-20-28)1-2-25(33)21-45-35-6-4-26-17-42-18-27-14-39(9-7-32(27)36(26)38-35)15-29-11-24-3-5-30(46-22-41)13-34(24)40(29)16-31-8-10-44-31/h1-6,11-13,22,27-28,31-32H,7-10,14-21H2/t27-,31-,32-/m0/s1. The molecule has 4 aliphatic rings. The van der Waals surface area contributed by atoms with E-state index < -0.39 is 0 Å². The normalized spacial score (nSPS) is 23.1. The maximum atomic E-state index is 14.8. The number of pyridine rings is 1. The van der Waals surface area contributed by atoms with Crippen LogP contribution in [0, 0.1) is 11.7 Å². The summed E-state index contributed by atoms with van der Waals surface area (Å²) < 4.78 is 45.6. The van der Waals surface area contributed by atoms with Gasteiger partial charge in [0.1, 0.15) is 18.2 Å². The van der Waals surface area contributed by atoms with Gasteiger partial charge in [-0.2, -0.15) is 0 Å². The topological polar surface area (TPSA) is 84.3 Å². The molecule has 6 heterocycles. The number of aromatic nitrogens is 2. The molecule has 0 N–H and O–H groups in total. The van der Waals surface area contributed by atoms with E-state index in [0.717, 1.165) is 73.4 Å². The summed E-state index contributed by atoms with van der Waals surface area (Å²) in [4.78, 5) is 18.5. The third-order valence-corrected chi connectivity index (χ3v) is 10.0. The van der Waals surface area contributed by atoms with Crippen molar-refractivity contribution in [2.75, 3.05) is 39.5 Å². The molecule has 46 heavy (non-hydrogen) atoms. The molecular formula is C36H38FN3O6. The van der Waals surface area contributed by atoms with E-state index >= 15 is 0 Å². The highest BCUT2D eigenvalue weighted by Crippen LogP contribution is 2.39. The molecule has 0 unspecified atom stereocenters. The second-order valence-corrected chi connectivity index (χ2v) is 12.9. The van der Waals surface area contributed by atoms with Gasteiger partial charge in [0, 0.05) is 72.8 Å². The van der Waals surface area contributed by atoms with E-state index in [1.54, 1.807) is 6.07 Å². The Hall–Kier alpha value is -3.83. The van der Waals surface area contributed by atoms with Crippen molar-refractivity contribution in [3.8, 4) is 11.6 Å². The summed E-state index contributed by atoms with van der Waals surface area (Å²) in [6, 6.07) is 17.3. The second kappa shape index (κ2) is 12.8. The van der Waals surface area contributed by atoms with Crippen LogP contribution < -0.4 is 9.47 Å². The van der Waals surface area contributed by atoms with Crippen molar-refractivity contribution in [3.05, 3.63) is 88.5 Å². The van der Waals surface area contributed by atoms with Crippen LogP contribution in [0.15, 0.2) is 54.6 Å². The summed E-state index contributed by atoms with van der Waals surface area (Å²) in [6.45, 7) is 7.29. The molecule has 4 aromatic rings. The minimum absolute atomic E-state index is 0.125. The third-order valence-electron chi connectivity index (χ3n) is 10.0. The van der Waals surface area contributed by atoms with Crippen LogP contribution in [0.5, 0.6) is 11.6 Å². The lowest BCUT2D eigenvalue weighted by Crippen LogP contribution is -2.41. The van der Waals surface area contributed by atoms with E-state index in [2.05, 4.69) is 15.5 Å². The van der Waals surface area contributed by atoms with Gasteiger partial charge in [0.25, 0.3) is 6.47 Å². The summed E-state index contributed by atoms with van der Waals surface area (Å²) in [5.41, 5.74) is 5.90. The second-order valence-electron chi connectivity index (χ2n) is 12.9. The number of carbonyl (C=O) groups is 1. The lowest BCUT2D eigenvalue weighted by Gasteiger charge is -2.38. The molecule has 3 saturated heterocycles. The molecule has 0 aliphatic carbocycles. The molecule has 2 aromatic heterocycles. The van der Waals surface area contributed by atoms with Gasteiger partial charge in [0.15, 0.2) is 0 Å². The van der Waals surface area contributed by atoms with Crippen LogP contribution in [0.2, 0.25) is 0 Å². The predicted molar refractivity (Wildman–Crippen MR) is 167 cm³/mol. The number of likely N-dealkylation sites (tertiary alicyclic amines) is 1. The average molecular weight is 628 g/mol. The van der Waals surface area contributed by atoms with Gasteiger partial charge in [-0.05, 0) is 60.8 Å². The molecule has 0 saturated carbocycles. The number of hydrogen-bond acceptors (Lipinski definition) is 8. The number of ether oxygens (including phenoxy) is 5. The molecule has 0 spiro atoms. The van der Waals surface area contributed by atoms with Crippen LogP contribution in [0.3, 0.4) is 0 Å². The van der Waals surface area contributed by atoms with Crippen LogP contribution >= 0.6 is 0 Å². The number of benzene rings is 2. The van der Waals surface area contributed by atoms with Crippen molar-refractivity contribution in [1.29, 1.82) is 0 Å². The summed E-state index contributed by atoms with van der Waals surface area (Å²) >= 11 is 0. The fourth-order valence-electron chi connectivity index (χ4n) is 7.25. The van der Waals surface area contributed by atoms with Gasteiger partial charge in [-0.15, -0.1) is 0 Å². The van der Waals surface area contributed by atoms with E-state index in [0.29, 0.717) is 56.0 Å². The van der Waals surface area contributed by atoms with Crippen LogP contribution in [0.4, 0.5) is 4.39 Å². The predicted octanol–water partition coefficient (Wildman–Crippen LogP) is 5.33. The first-order valence-corrected chi connectivity index (χ1v) is 16.2. The van der Waals surface area contributed by atoms with E-state index in [-0.39, 0.29) is 30.4 Å². The Balaban J connectivity index is 0.969. The first kappa shape index (κ1) is 29.6. The maximum Gasteiger partial charge on any atom is 0.298 e. The number of piperidine rings is 1. The van der Waals surface area contributed by atoms with Crippen molar-refractivity contribution in [1.82, 2.24) is 14.5 Å². The van der Waals surface area contributed by atoms with Crippen LogP contribution in [-0.2, 0) is 45.3 Å². The van der Waals surface area contributed by atoms with Crippen LogP contribution in [0.25, 0.3) is 10.9 Å². The maximum absolute atomic E-state index is 14.8. The number of carbonyl (C=O) groups excluding carboxylic acids is 1. The first-order chi connectivity index (χ1) is 22.6. The lowest BCUT2D eigenvalue weighted by molar-refractivity contribution is -0.120. The molecule has 3 fully saturated rings. The Morgan fingerprint density at radius 3 is 2.72 bits per heavy atom. The van der Waals surface area contributed by atoms with Crippen molar-refractivity contribution in [2.45, 2.75) is 57.1 Å². The molecule has 0 amide bonds. The van der Waals surface area contributed by atoms with Crippen LogP contribution in [-0.4, -0.2) is 66.5 Å². The largest absolute Gasteiger partial charge is 0.473 e. The summed E-state index contributed by atoms with van der Waals surface area (Å²) in [5, 5.41) is 1.12. The molecule has 240 valence electrons. The molecule has 9 nitrogen and oxygen atoms in total. The first-order valence-electron chi connectivity index (χ1n) is 16.2. The monoisotopic (exact) mass is 627 g/mol. The Morgan fingerprint density at radius 1 is 1.02 bits per heavy atom. The van der Waals surface area contributed by atoms with Gasteiger partial charge in [-0.3, -0.25) is 9.69 Å². The minimum Gasteiger partial charge on any atom is -0.473 e. The number of rotatable bonds is 10. The SMILES string of the molecule is O=COc1ccc2cc(CN3CC[C@@H]4c5nc(OCc6ccc(C7COC7)cc6F)ccc5COC[C@@H]4C3)n(C[C@@H]3CCO3)c2c1. The fourth-order valence-corrected chi connectivity index (χ4v) is 7.25. The van der Waals surface area contributed by atoms with Crippen molar-refractivity contribution >= 4 is 17.4 Å². The van der Waals surface area contributed by atoms with Crippen molar-refractivity contribution in [2.24, 2.45) is 5.92 Å². The number of nitrogens with zero attached hydrogens (tertiary/aromatic N) is 3. The third kappa shape index (κ3) is 5.90. The molecule has 4 aliphatic heterocycles. The quantitative estimate of drug-likeness (QED) is 0.218. The van der Waals surface area contributed by atoms with Gasteiger partial charge in [-0.25, -0.2) is 9.37 Å². The lowest BCUT2D eigenvalue weighted by atomic mass is 9.82. The van der Waals surface area contributed by atoms with Gasteiger partial charge >= 0.3 is 0 Å². The van der Waals surface area contributed by atoms with E-state index in [1.807, 2.05) is 42.5 Å². The molecular weight excluding hydrogens is 589 g/mol. The highest BCUT2D eigenvalue weighted by Gasteiger charge is 2.35. The highest BCUT2D eigenvalue weighted by molar-refractivity contribution is 5.83. The Bertz CT molecular complexity index is 1730. The Kier molecular flexibility index (Phi) is 8.20. The van der Waals surface area contributed by atoms with E-state index in [1.165, 1.54) is 5.69 Å². The Morgan fingerprint density at radius 2 is 1.93 bits per heavy atom. The van der Waals surface area contributed by atoms with Crippen molar-refractivity contribution in [3.63, 3.8) is 0 Å². The van der Waals surface area contributed by atoms with Gasteiger partial charge in [0.2, 0.25) is 5.88 Å². The van der Waals surface area contributed by atoms with Crippen LogP contribution in [0.1, 0.15) is 52.8 Å². The number of halogens is 1. The highest BCUT2D eigenvalue weighted by atomic mass is 19.1. The Labute approximate surface area is 267 Å². The summed E-state index contributed by atoms with van der Waals surface area (Å²) in [5.74, 6) is 1.62. The zero-order valence-electron chi connectivity index (χ0n) is 25.7. The molecule has 8 rings (SSSR count). The van der Waals surface area contributed by atoms with E-state index in [9.17, 15) is 9.18 Å². The zero-order chi connectivity index (χ0) is 31.0. The van der Waals surface area contributed by atoms with Gasteiger partial charge in [-0.1, -0.05) is 12.1 Å². The molecule has 2 aromatic carbocycles. The number of fused-ring (bicyclic) bond motifs is 4. The fraction of sp³-hybridized carbons (Fsp3) is 0.444. The molecule has 3 atom stereocenters. The van der Waals surface area contributed by atoms with E-state index in [4.69, 9.17) is 28.7 Å². The van der Waals surface area contributed by atoms with Crippen molar-refractivity contribution < 1.29 is 32.9 Å². The van der Waals surface area contributed by atoms with Gasteiger partial charge in [0.05, 0.1) is 43.7 Å².